The maximum absolute atomic E-state index is 12.3. The molecule has 3 aromatic rings. The number of aryl methyl sites for hydroxylation is 1. The average molecular weight is 418 g/mol. The summed E-state index contributed by atoms with van der Waals surface area (Å²) in [5.74, 6) is 1.38. The second-order valence-electron chi connectivity index (χ2n) is 6.10. The van der Waals surface area contributed by atoms with E-state index < -0.39 is 10.0 Å². The first-order valence-electron chi connectivity index (χ1n) is 8.95. The van der Waals surface area contributed by atoms with E-state index in [9.17, 15) is 8.42 Å². The summed E-state index contributed by atoms with van der Waals surface area (Å²) < 4.78 is 27.4. The van der Waals surface area contributed by atoms with Crippen molar-refractivity contribution in [3.8, 4) is 0 Å². The van der Waals surface area contributed by atoms with E-state index in [0.717, 1.165) is 30.3 Å². The molecular formula is C19H23N5O2S2. The summed E-state index contributed by atoms with van der Waals surface area (Å²) in [5, 5.41) is 4.91. The Kier molecular flexibility index (Phi) is 6.15. The Hall–Kier alpha value is -2.65. The van der Waals surface area contributed by atoms with E-state index in [4.69, 9.17) is 0 Å². The van der Waals surface area contributed by atoms with Crippen LogP contribution in [0.2, 0.25) is 0 Å². The molecule has 0 aliphatic rings. The number of aromatic nitrogens is 2. The fraction of sp³-hybridized carbons (Fsp3) is 0.263. The first-order chi connectivity index (χ1) is 13.4. The molecule has 9 heteroatoms. The first-order valence-corrected chi connectivity index (χ1v) is 11.3. The molecule has 0 unspecified atom stereocenters. The molecule has 0 saturated carbocycles. The van der Waals surface area contributed by atoms with Crippen LogP contribution in [-0.2, 0) is 10.0 Å². The minimum Gasteiger partial charge on any atom is -0.357 e. The third-order valence-electron chi connectivity index (χ3n) is 4.08. The minimum absolute atomic E-state index is 0.284. The number of sulfonamides is 1. The summed E-state index contributed by atoms with van der Waals surface area (Å²) in [6, 6.07) is 12.2. The van der Waals surface area contributed by atoms with Crippen LogP contribution in [0.25, 0.3) is 0 Å². The van der Waals surface area contributed by atoms with E-state index in [2.05, 4.69) is 38.8 Å². The number of anilines is 4. The quantitative estimate of drug-likeness (QED) is 0.570. The molecule has 0 atom stereocenters. The van der Waals surface area contributed by atoms with Crippen molar-refractivity contribution in [2.24, 2.45) is 0 Å². The van der Waals surface area contributed by atoms with Gasteiger partial charge in [0.1, 0.15) is 10.0 Å². The van der Waals surface area contributed by atoms with Gasteiger partial charge in [0.25, 0.3) is 10.0 Å². The SMILES string of the molecule is CCN(CC)c1cc(C)nc(Nc2ccc(NS(=O)(=O)c3cccs3)cc2)n1. The molecule has 0 radical (unpaired) electrons. The lowest BCUT2D eigenvalue weighted by atomic mass is 10.3. The fourth-order valence-electron chi connectivity index (χ4n) is 2.69. The van der Waals surface area contributed by atoms with E-state index in [1.165, 1.54) is 11.3 Å². The van der Waals surface area contributed by atoms with E-state index in [1.807, 2.05) is 13.0 Å². The Morgan fingerprint density at radius 3 is 2.32 bits per heavy atom. The van der Waals surface area contributed by atoms with Crippen molar-refractivity contribution in [1.29, 1.82) is 0 Å². The summed E-state index contributed by atoms with van der Waals surface area (Å²) in [4.78, 5) is 11.2. The van der Waals surface area contributed by atoms with Gasteiger partial charge in [0.2, 0.25) is 5.95 Å². The molecule has 2 heterocycles. The minimum atomic E-state index is -3.55. The third-order valence-corrected chi connectivity index (χ3v) is 6.86. The van der Waals surface area contributed by atoms with Crippen molar-refractivity contribution in [2.45, 2.75) is 25.0 Å². The average Bonchev–Trinajstić information content (AvgIpc) is 3.20. The van der Waals surface area contributed by atoms with Gasteiger partial charge in [0.05, 0.1) is 0 Å². The second kappa shape index (κ2) is 8.57. The molecule has 1 aromatic carbocycles. The standard InChI is InChI=1S/C19H23N5O2S2/c1-4-24(5-2)17-13-14(3)20-19(22-17)21-15-8-10-16(11-9-15)23-28(25,26)18-7-6-12-27-18/h6-13,23H,4-5H2,1-3H3,(H,20,21,22). The molecule has 7 nitrogen and oxygen atoms in total. The van der Waals surface area contributed by atoms with Crippen molar-refractivity contribution in [1.82, 2.24) is 9.97 Å². The normalized spacial score (nSPS) is 11.2. The third kappa shape index (κ3) is 4.79. The highest BCUT2D eigenvalue weighted by molar-refractivity contribution is 7.94. The number of hydrogen-bond acceptors (Lipinski definition) is 7. The Morgan fingerprint density at radius 2 is 1.71 bits per heavy atom. The van der Waals surface area contributed by atoms with E-state index in [1.54, 1.807) is 41.8 Å². The second-order valence-corrected chi connectivity index (χ2v) is 8.96. The molecule has 0 fully saturated rings. The smallest absolute Gasteiger partial charge is 0.271 e. The zero-order valence-corrected chi connectivity index (χ0v) is 17.6. The molecule has 0 amide bonds. The lowest BCUT2D eigenvalue weighted by molar-refractivity contribution is 0.603. The van der Waals surface area contributed by atoms with Gasteiger partial charge in [-0.15, -0.1) is 11.3 Å². The molecule has 148 valence electrons. The predicted octanol–water partition coefficient (Wildman–Crippen LogP) is 4.24. The van der Waals surface area contributed by atoms with E-state index >= 15 is 0 Å². The summed E-state index contributed by atoms with van der Waals surface area (Å²) in [6.45, 7) is 7.84. The Morgan fingerprint density at radius 1 is 1.04 bits per heavy atom. The molecule has 0 aliphatic heterocycles. The Balaban J connectivity index is 1.74. The summed E-state index contributed by atoms with van der Waals surface area (Å²) in [5.41, 5.74) is 2.14. The lowest BCUT2D eigenvalue weighted by Gasteiger charge is -2.20. The van der Waals surface area contributed by atoms with Gasteiger partial charge in [-0.3, -0.25) is 4.72 Å². The van der Waals surface area contributed by atoms with Crippen LogP contribution in [0.15, 0.2) is 52.1 Å². The van der Waals surface area contributed by atoms with Crippen LogP contribution in [0.1, 0.15) is 19.5 Å². The monoisotopic (exact) mass is 417 g/mol. The predicted molar refractivity (Wildman–Crippen MR) is 115 cm³/mol. The van der Waals surface area contributed by atoms with Crippen LogP contribution >= 0.6 is 11.3 Å². The van der Waals surface area contributed by atoms with Gasteiger partial charge in [-0.05, 0) is 56.5 Å². The van der Waals surface area contributed by atoms with Gasteiger partial charge >= 0.3 is 0 Å². The highest BCUT2D eigenvalue weighted by Crippen LogP contribution is 2.23. The van der Waals surface area contributed by atoms with Crippen molar-refractivity contribution in [2.75, 3.05) is 28.0 Å². The van der Waals surface area contributed by atoms with Gasteiger partial charge in [0.15, 0.2) is 0 Å². The van der Waals surface area contributed by atoms with Crippen molar-refractivity contribution in [3.63, 3.8) is 0 Å². The maximum Gasteiger partial charge on any atom is 0.271 e. The largest absolute Gasteiger partial charge is 0.357 e. The van der Waals surface area contributed by atoms with Gasteiger partial charge in [-0.25, -0.2) is 13.4 Å². The van der Waals surface area contributed by atoms with Crippen LogP contribution in [0, 0.1) is 6.92 Å². The topological polar surface area (TPSA) is 87.2 Å². The number of nitrogens with zero attached hydrogens (tertiary/aromatic N) is 3. The van der Waals surface area contributed by atoms with Gasteiger partial charge in [-0.2, -0.15) is 4.98 Å². The van der Waals surface area contributed by atoms with Crippen molar-refractivity contribution >= 4 is 44.5 Å². The molecule has 3 rings (SSSR count). The Labute approximate surface area is 169 Å². The lowest BCUT2D eigenvalue weighted by Crippen LogP contribution is -2.23. The molecular weight excluding hydrogens is 394 g/mol. The highest BCUT2D eigenvalue weighted by Gasteiger charge is 2.15. The number of rotatable bonds is 8. The summed E-state index contributed by atoms with van der Waals surface area (Å²) in [7, 11) is -3.55. The number of hydrogen-bond donors (Lipinski definition) is 2. The number of benzene rings is 1. The molecule has 2 N–H and O–H groups in total. The summed E-state index contributed by atoms with van der Waals surface area (Å²) >= 11 is 1.18. The molecule has 2 aromatic heterocycles. The van der Waals surface area contributed by atoms with Crippen molar-refractivity contribution < 1.29 is 8.42 Å². The molecule has 0 saturated heterocycles. The summed E-state index contributed by atoms with van der Waals surface area (Å²) in [6.07, 6.45) is 0. The van der Waals surface area contributed by atoms with E-state index in [0.29, 0.717) is 11.6 Å². The van der Waals surface area contributed by atoms with Crippen LogP contribution < -0.4 is 14.9 Å². The number of nitrogens with one attached hydrogen (secondary N) is 2. The van der Waals surface area contributed by atoms with Gasteiger partial charge in [-0.1, -0.05) is 6.07 Å². The molecule has 0 aliphatic carbocycles. The van der Waals surface area contributed by atoms with Crippen LogP contribution in [0.3, 0.4) is 0 Å². The van der Waals surface area contributed by atoms with Crippen LogP contribution in [0.5, 0.6) is 0 Å². The zero-order valence-electron chi connectivity index (χ0n) is 16.0. The Bertz CT molecular complexity index is 1010. The fourth-order valence-corrected chi connectivity index (χ4v) is 4.74. The van der Waals surface area contributed by atoms with Crippen molar-refractivity contribution in [3.05, 3.63) is 53.5 Å². The zero-order chi connectivity index (χ0) is 20.1. The highest BCUT2D eigenvalue weighted by atomic mass is 32.2. The number of thiophene rings is 1. The molecule has 0 spiro atoms. The molecule has 0 bridgehead atoms. The maximum atomic E-state index is 12.3. The van der Waals surface area contributed by atoms with Crippen LogP contribution in [-0.4, -0.2) is 31.5 Å². The van der Waals surface area contributed by atoms with Gasteiger partial charge in [0, 0.05) is 36.2 Å². The first kappa shape index (κ1) is 20.1. The van der Waals surface area contributed by atoms with E-state index in [-0.39, 0.29) is 4.21 Å². The molecule has 28 heavy (non-hydrogen) atoms. The van der Waals surface area contributed by atoms with Gasteiger partial charge < -0.3 is 10.2 Å². The van der Waals surface area contributed by atoms with Crippen LogP contribution in [0.4, 0.5) is 23.1 Å².